The predicted octanol–water partition coefficient (Wildman–Crippen LogP) is 1.39. The summed E-state index contributed by atoms with van der Waals surface area (Å²) >= 11 is 0. The van der Waals surface area contributed by atoms with Crippen molar-refractivity contribution in [2.75, 3.05) is 14.1 Å². The van der Waals surface area contributed by atoms with Gasteiger partial charge in [-0.05, 0) is 12.1 Å². The predicted molar refractivity (Wildman–Crippen MR) is 61.0 cm³/mol. The summed E-state index contributed by atoms with van der Waals surface area (Å²) in [4.78, 5) is 1.40. The van der Waals surface area contributed by atoms with Crippen molar-refractivity contribution in [2.45, 2.75) is 4.90 Å². The Kier molecular flexibility index (Phi) is 3.69. The summed E-state index contributed by atoms with van der Waals surface area (Å²) in [5, 5.41) is 8.85. The Balaban J connectivity index is 3.28. The lowest BCUT2D eigenvalue weighted by Gasteiger charge is -2.07. The zero-order valence-corrected chi connectivity index (χ0v) is 9.90. The van der Waals surface area contributed by atoms with E-state index in [0.717, 1.165) is 0 Å². The van der Waals surface area contributed by atoms with Gasteiger partial charge in [0.25, 0.3) is 0 Å². The maximum Gasteiger partial charge on any atom is 0.218 e. The third-order valence-corrected chi connectivity index (χ3v) is 3.50. The van der Waals surface area contributed by atoms with Gasteiger partial charge in [-0.25, -0.2) is 8.42 Å². The zero-order valence-electron chi connectivity index (χ0n) is 9.08. The van der Waals surface area contributed by atoms with Crippen LogP contribution in [0.5, 0.6) is 0 Å². The molecule has 84 valence electrons. The Labute approximate surface area is 95.3 Å². The number of allylic oxidation sites excluding steroid dienone is 1. The van der Waals surface area contributed by atoms with E-state index < -0.39 is 9.84 Å². The summed E-state index contributed by atoms with van der Waals surface area (Å²) in [5.41, 5.74) is 0. The van der Waals surface area contributed by atoms with Gasteiger partial charge in [0.1, 0.15) is 6.07 Å². The average molecular weight is 236 g/mol. The van der Waals surface area contributed by atoms with E-state index in [1.807, 2.05) is 0 Å². The Morgan fingerprint density at radius 1 is 1.31 bits per heavy atom. The molecule has 0 bridgehead atoms. The highest BCUT2D eigenvalue weighted by molar-refractivity contribution is 7.95. The lowest BCUT2D eigenvalue weighted by atomic mass is 10.4. The van der Waals surface area contributed by atoms with Gasteiger partial charge in [0, 0.05) is 20.3 Å². The van der Waals surface area contributed by atoms with Gasteiger partial charge >= 0.3 is 0 Å². The molecule has 1 aromatic carbocycles. The molecule has 0 aromatic heterocycles. The van der Waals surface area contributed by atoms with Crippen molar-refractivity contribution in [1.29, 1.82) is 5.26 Å². The third kappa shape index (κ3) is 2.61. The minimum absolute atomic E-state index is 0.129. The van der Waals surface area contributed by atoms with E-state index in [0.29, 0.717) is 0 Å². The Hall–Kier alpha value is -1.80. The van der Waals surface area contributed by atoms with Crippen molar-refractivity contribution in [3.63, 3.8) is 0 Å². The summed E-state index contributed by atoms with van der Waals surface area (Å²) in [6, 6.07) is 9.61. The van der Waals surface area contributed by atoms with Gasteiger partial charge in [-0.1, -0.05) is 18.2 Å². The molecule has 0 fully saturated rings. The van der Waals surface area contributed by atoms with Crippen molar-refractivity contribution >= 4 is 9.84 Å². The molecule has 0 spiro atoms. The van der Waals surface area contributed by atoms with Crippen LogP contribution >= 0.6 is 0 Å². The van der Waals surface area contributed by atoms with Crippen LogP contribution in [0.15, 0.2) is 46.3 Å². The molecule has 0 atom stereocenters. The monoisotopic (exact) mass is 236 g/mol. The van der Waals surface area contributed by atoms with Crippen molar-refractivity contribution < 1.29 is 8.42 Å². The number of hydrogen-bond acceptors (Lipinski definition) is 4. The molecule has 0 aliphatic heterocycles. The summed E-state index contributed by atoms with van der Waals surface area (Å²) < 4.78 is 24.0. The molecule has 0 aliphatic rings. The van der Waals surface area contributed by atoms with Crippen LogP contribution < -0.4 is 0 Å². The third-order valence-electron chi connectivity index (χ3n) is 1.83. The van der Waals surface area contributed by atoms with Crippen molar-refractivity contribution in [2.24, 2.45) is 0 Å². The van der Waals surface area contributed by atoms with E-state index in [1.165, 1.54) is 23.2 Å². The molecule has 1 aromatic rings. The summed E-state index contributed by atoms with van der Waals surface area (Å²) in [6.45, 7) is 0. The number of nitriles is 1. The highest BCUT2D eigenvalue weighted by atomic mass is 32.2. The molecular formula is C11H12N2O2S. The Morgan fingerprint density at radius 3 is 2.31 bits per heavy atom. The molecule has 0 unspecified atom stereocenters. The van der Waals surface area contributed by atoms with Gasteiger partial charge in [-0.2, -0.15) is 5.26 Å². The van der Waals surface area contributed by atoms with E-state index in [1.54, 1.807) is 38.4 Å². The maximum atomic E-state index is 12.0. The Bertz CT molecular complexity index is 525. The molecule has 0 aliphatic carbocycles. The highest BCUT2D eigenvalue weighted by Gasteiger charge is 2.20. The molecule has 0 radical (unpaired) electrons. The molecule has 5 heteroatoms. The van der Waals surface area contributed by atoms with Crippen molar-refractivity contribution in [3.8, 4) is 6.07 Å². The topological polar surface area (TPSA) is 61.2 Å². The van der Waals surface area contributed by atoms with Gasteiger partial charge in [0.2, 0.25) is 9.84 Å². The first-order chi connectivity index (χ1) is 7.48. The SMILES string of the molecule is CN(C)C=C(C#N)S(=O)(=O)c1ccccc1. The summed E-state index contributed by atoms with van der Waals surface area (Å²) in [5.74, 6) is 0. The van der Waals surface area contributed by atoms with E-state index in [-0.39, 0.29) is 9.80 Å². The van der Waals surface area contributed by atoms with Crippen molar-refractivity contribution in [3.05, 3.63) is 41.4 Å². The fourth-order valence-corrected chi connectivity index (χ4v) is 2.36. The number of benzene rings is 1. The smallest absolute Gasteiger partial charge is 0.218 e. The minimum Gasteiger partial charge on any atom is -0.382 e. The second kappa shape index (κ2) is 4.81. The van der Waals surface area contributed by atoms with Crippen LogP contribution in [0.3, 0.4) is 0 Å². The number of nitrogens with zero attached hydrogens (tertiary/aromatic N) is 2. The molecule has 0 N–H and O–H groups in total. The second-order valence-corrected chi connectivity index (χ2v) is 5.30. The normalized spacial score (nSPS) is 11.9. The molecule has 4 nitrogen and oxygen atoms in total. The van der Waals surface area contributed by atoms with Crippen LogP contribution in [0.1, 0.15) is 0 Å². The minimum atomic E-state index is -3.69. The van der Waals surface area contributed by atoms with Crippen LogP contribution in [-0.4, -0.2) is 27.4 Å². The number of hydrogen-bond donors (Lipinski definition) is 0. The highest BCUT2D eigenvalue weighted by Crippen LogP contribution is 2.18. The molecule has 0 saturated heterocycles. The maximum absolute atomic E-state index is 12.0. The van der Waals surface area contributed by atoms with Gasteiger partial charge in [0.15, 0.2) is 4.91 Å². The lowest BCUT2D eigenvalue weighted by molar-refractivity contribution is 0.559. The van der Waals surface area contributed by atoms with Gasteiger partial charge in [-0.3, -0.25) is 0 Å². The van der Waals surface area contributed by atoms with E-state index in [4.69, 9.17) is 5.26 Å². The summed E-state index contributed by atoms with van der Waals surface area (Å²) in [7, 11) is -0.359. The quantitative estimate of drug-likeness (QED) is 0.744. The van der Waals surface area contributed by atoms with Crippen LogP contribution in [0.25, 0.3) is 0 Å². The average Bonchev–Trinajstić information content (AvgIpc) is 2.26. The molecule has 1 rings (SSSR count). The van der Waals surface area contributed by atoms with Crippen LogP contribution in [0, 0.1) is 11.3 Å². The molecule has 0 saturated carbocycles. The van der Waals surface area contributed by atoms with Crippen molar-refractivity contribution in [1.82, 2.24) is 4.90 Å². The van der Waals surface area contributed by atoms with Gasteiger partial charge in [0.05, 0.1) is 4.90 Å². The fourth-order valence-electron chi connectivity index (χ4n) is 1.12. The van der Waals surface area contributed by atoms with Gasteiger partial charge < -0.3 is 4.90 Å². The zero-order chi connectivity index (χ0) is 12.2. The van der Waals surface area contributed by atoms with Gasteiger partial charge in [-0.15, -0.1) is 0 Å². The van der Waals surface area contributed by atoms with E-state index in [9.17, 15) is 8.42 Å². The first-order valence-electron chi connectivity index (χ1n) is 4.57. The van der Waals surface area contributed by atoms with Crippen LogP contribution in [0.4, 0.5) is 0 Å². The number of sulfone groups is 1. The second-order valence-electron chi connectivity index (χ2n) is 3.39. The van der Waals surface area contributed by atoms with E-state index in [2.05, 4.69) is 0 Å². The summed E-state index contributed by atoms with van der Waals surface area (Å²) in [6.07, 6.45) is 1.29. The molecule has 16 heavy (non-hydrogen) atoms. The van der Waals surface area contributed by atoms with Crippen LogP contribution in [0.2, 0.25) is 0 Å². The first kappa shape index (κ1) is 12.3. The first-order valence-corrected chi connectivity index (χ1v) is 6.05. The molecule has 0 amide bonds. The number of rotatable bonds is 3. The lowest BCUT2D eigenvalue weighted by Crippen LogP contribution is -2.09. The Morgan fingerprint density at radius 2 is 1.88 bits per heavy atom. The molecule has 0 heterocycles. The largest absolute Gasteiger partial charge is 0.382 e. The fraction of sp³-hybridized carbons (Fsp3) is 0.182. The van der Waals surface area contributed by atoms with E-state index >= 15 is 0 Å². The standard InChI is InChI=1S/C11H12N2O2S/c1-13(2)9-11(8-12)16(14,15)10-6-4-3-5-7-10/h3-7,9H,1-2H3. The van der Waals surface area contributed by atoms with Crippen LogP contribution in [-0.2, 0) is 9.84 Å². The molecular weight excluding hydrogens is 224 g/mol.